The van der Waals surface area contributed by atoms with Crippen LogP contribution in [0.4, 0.5) is 11.4 Å². The lowest BCUT2D eigenvalue weighted by Gasteiger charge is -2.41. The van der Waals surface area contributed by atoms with Crippen LogP contribution >= 0.6 is 0 Å². The molecule has 1 aliphatic rings. The van der Waals surface area contributed by atoms with E-state index in [1.807, 2.05) is 0 Å². The summed E-state index contributed by atoms with van der Waals surface area (Å²) in [4.78, 5) is 5.12. The molecule has 2 aromatic carbocycles. The molecular weight excluding hydrogens is 292 g/mol. The largest absolute Gasteiger partial charge is 0.353 e. The Morgan fingerprint density at radius 1 is 0.583 bits per heavy atom. The van der Waals surface area contributed by atoms with Crippen molar-refractivity contribution >= 4 is 11.4 Å². The molecule has 0 bridgehead atoms. The van der Waals surface area contributed by atoms with Gasteiger partial charge in [-0.15, -0.1) is 0 Å². The maximum atomic E-state index is 2.56. The Labute approximate surface area is 147 Å². The fourth-order valence-corrected chi connectivity index (χ4v) is 4.51. The van der Waals surface area contributed by atoms with Gasteiger partial charge in [0.25, 0.3) is 0 Å². The van der Waals surface area contributed by atoms with Gasteiger partial charge < -0.3 is 9.80 Å². The fourth-order valence-electron chi connectivity index (χ4n) is 4.51. The van der Waals surface area contributed by atoms with E-state index in [4.69, 9.17) is 0 Å². The lowest BCUT2D eigenvalue weighted by atomic mass is 10.0. The topological polar surface area (TPSA) is 6.48 Å². The van der Waals surface area contributed by atoms with Gasteiger partial charge in [-0.05, 0) is 70.2 Å². The maximum absolute atomic E-state index is 2.56. The van der Waals surface area contributed by atoms with E-state index in [2.05, 4.69) is 75.6 Å². The molecule has 24 heavy (non-hydrogen) atoms. The van der Waals surface area contributed by atoms with Crippen molar-refractivity contribution < 1.29 is 0 Å². The molecule has 0 saturated carbocycles. The second-order valence-electron chi connectivity index (χ2n) is 7.52. The summed E-state index contributed by atoms with van der Waals surface area (Å²) in [5.74, 6) is 0. The molecule has 3 rings (SSSR count). The Balaban J connectivity index is 1.94. The average Bonchev–Trinajstić information content (AvgIpc) is 2.45. The SMILES string of the molecule is Cc1cc(C)c(N2CCCN(c3c(C)cc(C)cc3C)C2)c(C)c1. The Morgan fingerprint density at radius 3 is 1.25 bits per heavy atom. The van der Waals surface area contributed by atoms with Crippen molar-refractivity contribution in [1.82, 2.24) is 0 Å². The number of anilines is 2. The van der Waals surface area contributed by atoms with Crippen LogP contribution in [-0.2, 0) is 0 Å². The first-order chi connectivity index (χ1) is 11.4. The van der Waals surface area contributed by atoms with Gasteiger partial charge >= 0.3 is 0 Å². The number of benzene rings is 2. The predicted molar refractivity (Wildman–Crippen MR) is 105 cm³/mol. The quantitative estimate of drug-likeness (QED) is 0.748. The second-order valence-corrected chi connectivity index (χ2v) is 7.52. The first-order valence-corrected chi connectivity index (χ1v) is 9.02. The molecule has 2 nitrogen and oxygen atoms in total. The van der Waals surface area contributed by atoms with E-state index in [0.717, 1.165) is 19.8 Å². The fraction of sp³-hybridized carbons (Fsp3) is 0.455. The van der Waals surface area contributed by atoms with Crippen molar-refractivity contribution in [1.29, 1.82) is 0 Å². The second kappa shape index (κ2) is 6.51. The molecule has 0 N–H and O–H groups in total. The minimum Gasteiger partial charge on any atom is -0.353 e. The smallest absolute Gasteiger partial charge is 0.0903 e. The van der Waals surface area contributed by atoms with E-state index in [9.17, 15) is 0 Å². The highest BCUT2D eigenvalue weighted by Gasteiger charge is 2.22. The summed E-state index contributed by atoms with van der Waals surface area (Å²) in [6, 6.07) is 9.24. The molecule has 1 aliphatic heterocycles. The molecule has 128 valence electrons. The summed E-state index contributed by atoms with van der Waals surface area (Å²) in [5, 5.41) is 0. The van der Waals surface area contributed by atoms with Crippen LogP contribution in [0, 0.1) is 41.5 Å². The van der Waals surface area contributed by atoms with Crippen LogP contribution in [0.25, 0.3) is 0 Å². The minimum atomic E-state index is 0.982. The Bertz CT molecular complexity index is 651. The maximum Gasteiger partial charge on any atom is 0.0903 e. The first kappa shape index (κ1) is 16.9. The molecule has 0 atom stereocenters. The molecule has 0 unspecified atom stereocenters. The van der Waals surface area contributed by atoms with Crippen molar-refractivity contribution in [2.45, 2.75) is 48.0 Å². The van der Waals surface area contributed by atoms with E-state index < -0.39 is 0 Å². The van der Waals surface area contributed by atoms with Crippen LogP contribution < -0.4 is 9.80 Å². The van der Waals surface area contributed by atoms with E-state index in [1.54, 1.807) is 0 Å². The molecule has 1 saturated heterocycles. The lowest BCUT2D eigenvalue weighted by Crippen LogP contribution is -2.46. The third-order valence-corrected chi connectivity index (χ3v) is 5.10. The summed E-state index contributed by atoms with van der Waals surface area (Å²) in [5.41, 5.74) is 11.1. The van der Waals surface area contributed by atoms with Gasteiger partial charge in [-0.2, -0.15) is 0 Å². The van der Waals surface area contributed by atoms with Crippen molar-refractivity contribution in [3.05, 3.63) is 57.6 Å². The van der Waals surface area contributed by atoms with Crippen LogP contribution in [0.2, 0.25) is 0 Å². The standard InChI is InChI=1S/C22H30N2/c1-15-10-17(3)21(18(4)11-15)23-8-7-9-24(14-23)22-19(5)12-16(2)13-20(22)6/h10-13H,7-9,14H2,1-6H3. The van der Waals surface area contributed by atoms with Gasteiger partial charge in [0, 0.05) is 24.5 Å². The normalized spacial score (nSPS) is 15.1. The predicted octanol–water partition coefficient (Wildman–Crippen LogP) is 5.21. The molecule has 0 amide bonds. The summed E-state index contributed by atoms with van der Waals surface area (Å²) < 4.78 is 0. The molecule has 0 aromatic heterocycles. The van der Waals surface area contributed by atoms with Gasteiger partial charge in [0.2, 0.25) is 0 Å². The van der Waals surface area contributed by atoms with Crippen molar-refractivity contribution in [2.24, 2.45) is 0 Å². The summed E-state index contributed by atoms with van der Waals surface area (Å²) in [6.45, 7) is 16.6. The molecule has 2 heteroatoms. The molecule has 1 fully saturated rings. The van der Waals surface area contributed by atoms with Crippen molar-refractivity contribution in [3.63, 3.8) is 0 Å². The van der Waals surface area contributed by atoms with Crippen LogP contribution in [-0.4, -0.2) is 19.8 Å². The molecule has 1 heterocycles. The zero-order valence-electron chi connectivity index (χ0n) is 16.0. The van der Waals surface area contributed by atoms with Crippen LogP contribution in [0.15, 0.2) is 24.3 Å². The minimum absolute atomic E-state index is 0.982. The van der Waals surface area contributed by atoms with Crippen molar-refractivity contribution in [3.8, 4) is 0 Å². The Morgan fingerprint density at radius 2 is 0.917 bits per heavy atom. The average molecular weight is 322 g/mol. The zero-order valence-corrected chi connectivity index (χ0v) is 16.0. The monoisotopic (exact) mass is 322 g/mol. The van der Waals surface area contributed by atoms with Gasteiger partial charge in [-0.1, -0.05) is 35.4 Å². The zero-order chi connectivity index (χ0) is 17.4. The third-order valence-electron chi connectivity index (χ3n) is 5.10. The number of hydrogen-bond donors (Lipinski definition) is 0. The Kier molecular flexibility index (Phi) is 4.58. The molecular formula is C22H30N2. The van der Waals surface area contributed by atoms with Gasteiger partial charge in [0.1, 0.15) is 0 Å². The van der Waals surface area contributed by atoms with Crippen LogP contribution in [0.1, 0.15) is 39.8 Å². The summed E-state index contributed by atoms with van der Waals surface area (Å²) >= 11 is 0. The van der Waals surface area contributed by atoms with Crippen LogP contribution in [0.3, 0.4) is 0 Å². The molecule has 2 aromatic rings. The van der Waals surface area contributed by atoms with E-state index in [1.165, 1.54) is 51.2 Å². The highest BCUT2D eigenvalue weighted by Crippen LogP contribution is 2.32. The number of nitrogens with zero attached hydrogens (tertiary/aromatic N) is 2. The van der Waals surface area contributed by atoms with E-state index in [0.29, 0.717) is 0 Å². The first-order valence-electron chi connectivity index (χ1n) is 9.02. The van der Waals surface area contributed by atoms with Gasteiger partial charge in [0.15, 0.2) is 0 Å². The molecule has 0 radical (unpaired) electrons. The summed E-state index contributed by atoms with van der Waals surface area (Å²) in [7, 11) is 0. The van der Waals surface area contributed by atoms with Crippen LogP contribution in [0.5, 0.6) is 0 Å². The summed E-state index contributed by atoms with van der Waals surface area (Å²) in [6.07, 6.45) is 1.21. The highest BCUT2D eigenvalue weighted by molar-refractivity contribution is 5.65. The van der Waals surface area contributed by atoms with E-state index >= 15 is 0 Å². The van der Waals surface area contributed by atoms with Gasteiger partial charge in [-0.3, -0.25) is 0 Å². The van der Waals surface area contributed by atoms with E-state index in [-0.39, 0.29) is 0 Å². The third kappa shape index (κ3) is 3.15. The molecule has 0 aliphatic carbocycles. The highest BCUT2D eigenvalue weighted by atomic mass is 15.3. The number of hydrogen-bond acceptors (Lipinski definition) is 2. The van der Waals surface area contributed by atoms with Gasteiger partial charge in [0.05, 0.1) is 6.67 Å². The van der Waals surface area contributed by atoms with Crippen molar-refractivity contribution in [2.75, 3.05) is 29.6 Å². The van der Waals surface area contributed by atoms with Gasteiger partial charge in [-0.25, -0.2) is 0 Å². The number of rotatable bonds is 2. The number of aryl methyl sites for hydroxylation is 6. The Hall–Kier alpha value is -1.96. The lowest BCUT2D eigenvalue weighted by molar-refractivity contribution is 0.611. The molecule has 0 spiro atoms.